The summed E-state index contributed by atoms with van der Waals surface area (Å²) in [5.41, 5.74) is 10.9. The molecule has 0 fully saturated rings. The van der Waals surface area contributed by atoms with Gasteiger partial charge in [0, 0.05) is 24.5 Å². The lowest BCUT2D eigenvalue weighted by atomic mass is 10.1. The molecule has 2 aromatic heterocycles. The van der Waals surface area contributed by atoms with E-state index >= 15 is 0 Å². The third-order valence-electron chi connectivity index (χ3n) is 3.35. The number of aryl methyl sites for hydroxylation is 1. The zero-order chi connectivity index (χ0) is 14.1. The number of rotatable bonds is 3. The van der Waals surface area contributed by atoms with Crippen molar-refractivity contribution in [2.45, 2.75) is 13.3 Å². The maximum atomic E-state index is 5.86. The lowest BCUT2D eigenvalue weighted by Crippen LogP contribution is -1.92. The molecular formula is C16H17N3O. The Labute approximate surface area is 117 Å². The smallest absolute Gasteiger partial charge is 0.140 e. The molecule has 102 valence electrons. The Morgan fingerprint density at radius 2 is 1.95 bits per heavy atom. The number of imidazole rings is 1. The standard InChI is InChI=1S/C16H17N3O/c1-11-7-13(17)9-19-10-14(18-16(11)19)8-12-3-5-15(20-2)6-4-12/h3-7,9-10H,8,17H2,1-2H3. The quantitative estimate of drug-likeness (QED) is 0.794. The lowest BCUT2D eigenvalue weighted by Gasteiger charge is -2.01. The highest BCUT2D eigenvalue weighted by atomic mass is 16.5. The van der Waals surface area contributed by atoms with Gasteiger partial charge >= 0.3 is 0 Å². The van der Waals surface area contributed by atoms with Gasteiger partial charge in [0.05, 0.1) is 12.8 Å². The molecule has 3 aromatic rings. The fourth-order valence-electron chi connectivity index (χ4n) is 2.38. The predicted octanol–water partition coefficient (Wildman–Crippen LogP) is 2.82. The minimum Gasteiger partial charge on any atom is -0.497 e. The van der Waals surface area contributed by atoms with Crippen molar-refractivity contribution in [3.63, 3.8) is 0 Å². The zero-order valence-electron chi connectivity index (χ0n) is 11.6. The first kappa shape index (κ1) is 12.5. The molecule has 3 rings (SSSR count). The molecule has 0 aliphatic heterocycles. The van der Waals surface area contributed by atoms with Gasteiger partial charge in [0.15, 0.2) is 0 Å². The van der Waals surface area contributed by atoms with Crippen molar-refractivity contribution in [3.8, 4) is 5.75 Å². The number of hydrogen-bond donors (Lipinski definition) is 1. The molecule has 2 heterocycles. The first-order valence-corrected chi connectivity index (χ1v) is 6.52. The van der Waals surface area contributed by atoms with Crippen LogP contribution in [0.3, 0.4) is 0 Å². The van der Waals surface area contributed by atoms with E-state index in [9.17, 15) is 0 Å². The highest BCUT2D eigenvalue weighted by Crippen LogP contribution is 2.18. The van der Waals surface area contributed by atoms with Gasteiger partial charge in [-0.05, 0) is 36.2 Å². The number of methoxy groups -OCH3 is 1. The van der Waals surface area contributed by atoms with Crippen LogP contribution in [0.1, 0.15) is 16.8 Å². The van der Waals surface area contributed by atoms with Crippen molar-refractivity contribution < 1.29 is 4.74 Å². The van der Waals surface area contributed by atoms with E-state index in [2.05, 4.69) is 17.1 Å². The first-order chi connectivity index (χ1) is 9.65. The van der Waals surface area contributed by atoms with Gasteiger partial charge < -0.3 is 14.9 Å². The van der Waals surface area contributed by atoms with Crippen LogP contribution in [-0.4, -0.2) is 16.5 Å². The van der Waals surface area contributed by atoms with E-state index in [1.807, 2.05) is 41.9 Å². The van der Waals surface area contributed by atoms with Crippen LogP contribution in [0.15, 0.2) is 42.7 Å². The summed E-state index contributed by atoms with van der Waals surface area (Å²) >= 11 is 0. The molecule has 4 heteroatoms. The summed E-state index contributed by atoms with van der Waals surface area (Å²) in [6.45, 7) is 2.02. The number of ether oxygens (including phenoxy) is 1. The summed E-state index contributed by atoms with van der Waals surface area (Å²) in [6, 6.07) is 10.00. The molecular weight excluding hydrogens is 250 g/mol. The topological polar surface area (TPSA) is 52.5 Å². The van der Waals surface area contributed by atoms with Gasteiger partial charge in [-0.15, -0.1) is 0 Å². The molecule has 0 amide bonds. The van der Waals surface area contributed by atoms with Crippen LogP contribution in [0.5, 0.6) is 5.75 Å². The molecule has 0 aliphatic rings. The third kappa shape index (κ3) is 2.32. The molecule has 4 nitrogen and oxygen atoms in total. The molecule has 0 saturated carbocycles. The average molecular weight is 267 g/mol. The molecule has 0 spiro atoms. The largest absolute Gasteiger partial charge is 0.497 e. The maximum Gasteiger partial charge on any atom is 0.140 e. The number of pyridine rings is 1. The summed E-state index contributed by atoms with van der Waals surface area (Å²) < 4.78 is 7.15. The summed E-state index contributed by atoms with van der Waals surface area (Å²) in [5, 5.41) is 0. The van der Waals surface area contributed by atoms with E-state index in [1.54, 1.807) is 7.11 Å². The Morgan fingerprint density at radius 1 is 1.20 bits per heavy atom. The fraction of sp³-hybridized carbons (Fsp3) is 0.188. The number of nitrogens with zero attached hydrogens (tertiary/aromatic N) is 2. The van der Waals surface area contributed by atoms with E-state index in [-0.39, 0.29) is 0 Å². The van der Waals surface area contributed by atoms with Crippen LogP contribution in [0, 0.1) is 6.92 Å². The van der Waals surface area contributed by atoms with Crippen LogP contribution in [0.2, 0.25) is 0 Å². The SMILES string of the molecule is COc1ccc(Cc2cn3cc(N)cc(C)c3n2)cc1. The van der Waals surface area contributed by atoms with Gasteiger partial charge in [0.25, 0.3) is 0 Å². The van der Waals surface area contributed by atoms with Crippen LogP contribution in [0.25, 0.3) is 5.65 Å². The van der Waals surface area contributed by atoms with Gasteiger partial charge in [-0.25, -0.2) is 4.98 Å². The normalized spacial score (nSPS) is 10.9. The lowest BCUT2D eigenvalue weighted by molar-refractivity contribution is 0.414. The minimum absolute atomic E-state index is 0.753. The Hall–Kier alpha value is -2.49. The van der Waals surface area contributed by atoms with E-state index < -0.39 is 0 Å². The highest BCUT2D eigenvalue weighted by Gasteiger charge is 2.06. The second-order valence-corrected chi connectivity index (χ2v) is 4.94. The Balaban J connectivity index is 1.92. The second-order valence-electron chi connectivity index (χ2n) is 4.94. The number of hydrogen-bond acceptors (Lipinski definition) is 3. The Kier molecular flexibility index (Phi) is 3.06. The van der Waals surface area contributed by atoms with Crippen molar-refractivity contribution in [2.75, 3.05) is 12.8 Å². The number of nitrogen functional groups attached to an aromatic ring is 1. The molecule has 2 N–H and O–H groups in total. The molecule has 0 bridgehead atoms. The number of aromatic nitrogens is 2. The fourth-order valence-corrected chi connectivity index (χ4v) is 2.38. The molecule has 0 atom stereocenters. The molecule has 0 unspecified atom stereocenters. The monoisotopic (exact) mass is 267 g/mol. The van der Waals surface area contributed by atoms with Crippen LogP contribution in [0.4, 0.5) is 5.69 Å². The molecule has 20 heavy (non-hydrogen) atoms. The maximum absolute atomic E-state index is 5.86. The van der Waals surface area contributed by atoms with Crippen molar-refractivity contribution in [1.29, 1.82) is 0 Å². The van der Waals surface area contributed by atoms with E-state index in [4.69, 9.17) is 10.5 Å². The molecule has 0 saturated heterocycles. The second kappa shape index (κ2) is 4.89. The number of anilines is 1. The number of nitrogens with two attached hydrogens (primary N) is 1. The molecule has 0 aliphatic carbocycles. The van der Waals surface area contributed by atoms with E-state index in [0.717, 1.165) is 34.8 Å². The van der Waals surface area contributed by atoms with Gasteiger partial charge in [0.2, 0.25) is 0 Å². The minimum atomic E-state index is 0.753. The van der Waals surface area contributed by atoms with Gasteiger partial charge in [-0.2, -0.15) is 0 Å². The van der Waals surface area contributed by atoms with Gasteiger partial charge in [0.1, 0.15) is 11.4 Å². The molecule has 0 radical (unpaired) electrons. The summed E-state index contributed by atoms with van der Waals surface area (Å²) in [6.07, 6.45) is 4.72. The first-order valence-electron chi connectivity index (χ1n) is 6.52. The zero-order valence-corrected chi connectivity index (χ0v) is 11.6. The summed E-state index contributed by atoms with van der Waals surface area (Å²) in [5.74, 6) is 0.868. The van der Waals surface area contributed by atoms with Crippen molar-refractivity contribution >= 4 is 11.3 Å². The van der Waals surface area contributed by atoms with Crippen LogP contribution >= 0.6 is 0 Å². The molecule has 1 aromatic carbocycles. The average Bonchev–Trinajstić information content (AvgIpc) is 2.82. The number of benzene rings is 1. The van der Waals surface area contributed by atoms with Crippen molar-refractivity contribution in [3.05, 3.63) is 59.5 Å². The number of fused-ring (bicyclic) bond motifs is 1. The van der Waals surface area contributed by atoms with Crippen LogP contribution < -0.4 is 10.5 Å². The van der Waals surface area contributed by atoms with Crippen molar-refractivity contribution in [2.24, 2.45) is 0 Å². The van der Waals surface area contributed by atoms with Gasteiger partial charge in [-0.1, -0.05) is 12.1 Å². The Bertz CT molecular complexity index is 744. The van der Waals surface area contributed by atoms with Crippen LogP contribution in [-0.2, 0) is 6.42 Å². The van der Waals surface area contributed by atoms with E-state index in [1.165, 1.54) is 5.56 Å². The van der Waals surface area contributed by atoms with Crippen molar-refractivity contribution in [1.82, 2.24) is 9.38 Å². The summed E-state index contributed by atoms with van der Waals surface area (Å²) in [4.78, 5) is 4.67. The highest BCUT2D eigenvalue weighted by molar-refractivity contribution is 5.55. The predicted molar refractivity (Wildman–Crippen MR) is 80.1 cm³/mol. The third-order valence-corrected chi connectivity index (χ3v) is 3.35. The van der Waals surface area contributed by atoms with E-state index in [0.29, 0.717) is 0 Å². The van der Waals surface area contributed by atoms with Gasteiger partial charge in [-0.3, -0.25) is 0 Å². The Morgan fingerprint density at radius 3 is 2.65 bits per heavy atom. The summed E-state index contributed by atoms with van der Waals surface area (Å²) in [7, 11) is 1.67.